The summed E-state index contributed by atoms with van der Waals surface area (Å²) < 4.78 is 8.85. The molecule has 0 spiro atoms. The Labute approximate surface area is 126 Å². The lowest BCUT2D eigenvalue weighted by Gasteiger charge is -2.11. The highest BCUT2D eigenvalue weighted by atomic mass is 127. The highest BCUT2D eigenvalue weighted by molar-refractivity contribution is 14.1. The van der Waals surface area contributed by atoms with E-state index in [2.05, 4.69) is 13.8 Å². The molecule has 1 aromatic heterocycles. The van der Waals surface area contributed by atoms with Crippen LogP contribution >= 0.6 is 22.6 Å². The molecule has 0 amide bonds. The number of halogens is 1. The summed E-state index contributed by atoms with van der Waals surface area (Å²) in [6, 6.07) is 0. The maximum atomic E-state index is 12.1. The molecule has 0 bridgehead atoms. The van der Waals surface area contributed by atoms with Gasteiger partial charge in [-0.1, -0.05) is 20.8 Å². The molecule has 6 heteroatoms. The van der Waals surface area contributed by atoms with Crippen molar-refractivity contribution >= 4 is 22.6 Å². The van der Waals surface area contributed by atoms with Crippen molar-refractivity contribution in [2.75, 3.05) is 13.2 Å². The van der Waals surface area contributed by atoms with Gasteiger partial charge in [0.05, 0.1) is 16.7 Å². The van der Waals surface area contributed by atoms with E-state index in [0.29, 0.717) is 35.8 Å². The number of ether oxygens (including phenoxy) is 1. The van der Waals surface area contributed by atoms with Crippen molar-refractivity contribution in [3.63, 3.8) is 0 Å². The number of hydrogen-bond donors (Lipinski definition) is 0. The molecule has 0 saturated carbocycles. The number of aromatic nitrogens is 2. The minimum atomic E-state index is -0.250. The van der Waals surface area contributed by atoms with Crippen LogP contribution in [0.5, 0.6) is 0 Å². The van der Waals surface area contributed by atoms with E-state index in [1.807, 2.05) is 29.5 Å². The maximum absolute atomic E-state index is 12.1. The lowest BCUT2D eigenvalue weighted by atomic mass is 10.2. The minimum absolute atomic E-state index is 0.230. The van der Waals surface area contributed by atoms with Gasteiger partial charge >= 0.3 is 5.69 Å². The van der Waals surface area contributed by atoms with E-state index in [1.54, 1.807) is 10.8 Å². The van der Waals surface area contributed by atoms with Crippen LogP contribution in [-0.4, -0.2) is 22.3 Å². The monoisotopic (exact) mass is 380 g/mol. The van der Waals surface area contributed by atoms with Crippen LogP contribution in [0.25, 0.3) is 0 Å². The molecule has 0 fully saturated rings. The van der Waals surface area contributed by atoms with Gasteiger partial charge in [-0.2, -0.15) is 0 Å². The van der Waals surface area contributed by atoms with Gasteiger partial charge in [-0.25, -0.2) is 4.79 Å². The highest BCUT2D eigenvalue weighted by Crippen LogP contribution is 1.96. The van der Waals surface area contributed by atoms with Crippen molar-refractivity contribution in [1.82, 2.24) is 9.13 Å². The Kier molecular flexibility index (Phi) is 6.78. The summed E-state index contributed by atoms with van der Waals surface area (Å²) in [5, 5.41) is 0. The Balaban J connectivity index is 2.87. The molecule has 108 valence electrons. The SMILES string of the molecule is CCCn1cc(I)c(=O)n(CCOCC(C)C)c1=O. The smallest absolute Gasteiger partial charge is 0.331 e. The molecular weight excluding hydrogens is 359 g/mol. The second kappa shape index (κ2) is 7.84. The third kappa shape index (κ3) is 4.76. The van der Waals surface area contributed by atoms with Gasteiger partial charge in [0, 0.05) is 19.3 Å². The molecule has 0 aliphatic rings. The zero-order valence-electron chi connectivity index (χ0n) is 11.7. The van der Waals surface area contributed by atoms with Crippen LogP contribution in [0.1, 0.15) is 27.2 Å². The molecule has 5 nitrogen and oxygen atoms in total. The van der Waals surface area contributed by atoms with Crippen molar-refractivity contribution < 1.29 is 4.74 Å². The number of aryl methyl sites for hydroxylation is 1. The van der Waals surface area contributed by atoms with Crippen molar-refractivity contribution in [1.29, 1.82) is 0 Å². The third-order valence-electron chi connectivity index (χ3n) is 2.57. The van der Waals surface area contributed by atoms with Crippen LogP contribution < -0.4 is 11.2 Å². The fraction of sp³-hybridized carbons (Fsp3) is 0.692. The third-order valence-corrected chi connectivity index (χ3v) is 3.31. The maximum Gasteiger partial charge on any atom is 0.331 e. The van der Waals surface area contributed by atoms with Crippen LogP contribution in [-0.2, 0) is 17.8 Å². The zero-order valence-corrected chi connectivity index (χ0v) is 13.8. The topological polar surface area (TPSA) is 53.2 Å². The predicted octanol–water partition coefficient (Wildman–Crippen LogP) is 1.70. The summed E-state index contributed by atoms with van der Waals surface area (Å²) in [7, 11) is 0. The largest absolute Gasteiger partial charge is 0.379 e. The Morgan fingerprint density at radius 1 is 1.32 bits per heavy atom. The van der Waals surface area contributed by atoms with Crippen LogP contribution in [0.4, 0.5) is 0 Å². The van der Waals surface area contributed by atoms with Crippen LogP contribution in [0.3, 0.4) is 0 Å². The molecule has 0 aliphatic carbocycles. The summed E-state index contributed by atoms with van der Waals surface area (Å²) in [6.45, 7) is 8.09. The molecule has 0 aromatic carbocycles. The summed E-state index contributed by atoms with van der Waals surface area (Å²) in [5.41, 5.74) is -0.480. The molecule has 1 rings (SSSR count). The molecule has 0 saturated heterocycles. The van der Waals surface area contributed by atoms with Gasteiger partial charge in [-0.3, -0.25) is 13.9 Å². The van der Waals surface area contributed by atoms with Gasteiger partial charge in [0.1, 0.15) is 0 Å². The highest BCUT2D eigenvalue weighted by Gasteiger charge is 2.09. The predicted molar refractivity (Wildman–Crippen MR) is 83.6 cm³/mol. The van der Waals surface area contributed by atoms with E-state index in [-0.39, 0.29) is 11.2 Å². The molecule has 1 aromatic rings. The van der Waals surface area contributed by atoms with Crippen LogP contribution in [0, 0.1) is 9.49 Å². The average Bonchev–Trinajstić information content (AvgIpc) is 2.35. The van der Waals surface area contributed by atoms with Gasteiger partial charge in [-0.15, -0.1) is 0 Å². The van der Waals surface area contributed by atoms with Crippen molar-refractivity contribution in [2.45, 2.75) is 40.3 Å². The molecule has 1 heterocycles. The second-order valence-electron chi connectivity index (χ2n) is 4.88. The number of rotatable bonds is 7. The molecule has 0 N–H and O–H groups in total. The first kappa shape index (κ1) is 16.4. The van der Waals surface area contributed by atoms with Crippen molar-refractivity contribution in [2.24, 2.45) is 5.92 Å². The minimum Gasteiger partial charge on any atom is -0.379 e. The fourth-order valence-electron chi connectivity index (χ4n) is 1.69. The summed E-state index contributed by atoms with van der Waals surface area (Å²) in [6.07, 6.45) is 2.48. The van der Waals surface area contributed by atoms with Gasteiger partial charge in [0.15, 0.2) is 0 Å². The van der Waals surface area contributed by atoms with E-state index in [0.717, 1.165) is 6.42 Å². The molecule has 0 aliphatic heterocycles. The number of nitrogens with zero attached hydrogens (tertiary/aromatic N) is 2. The summed E-state index contributed by atoms with van der Waals surface area (Å²) in [5.74, 6) is 0.449. The summed E-state index contributed by atoms with van der Waals surface area (Å²) in [4.78, 5) is 24.1. The first-order chi connectivity index (χ1) is 8.97. The van der Waals surface area contributed by atoms with Crippen LogP contribution in [0.2, 0.25) is 0 Å². The Morgan fingerprint density at radius 2 is 2.00 bits per heavy atom. The normalized spacial score (nSPS) is 11.2. The first-order valence-electron chi connectivity index (χ1n) is 6.54. The van der Waals surface area contributed by atoms with Gasteiger partial charge in [0.2, 0.25) is 0 Å². The fourth-order valence-corrected chi connectivity index (χ4v) is 2.32. The Hall–Kier alpha value is -0.630. The molecule has 0 atom stereocenters. The van der Waals surface area contributed by atoms with E-state index in [1.165, 1.54) is 4.57 Å². The van der Waals surface area contributed by atoms with E-state index in [4.69, 9.17) is 4.74 Å². The van der Waals surface area contributed by atoms with Gasteiger partial charge in [0.25, 0.3) is 5.56 Å². The lowest BCUT2D eigenvalue weighted by molar-refractivity contribution is 0.101. The second-order valence-corrected chi connectivity index (χ2v) is 6.04. The average molecular weight is 380 g/mol. The zero-order chi connectivity index (χ0) is 14.4. The van der Waals surface area contributed by atoms with E-state index in [9.17, 15) is 9.59 Å². The van der Waals surface area contributed by atoms with E-state index < -0.39 is 0 Å². The van der Waals surface area contributed by atoms with Crippen molar-refractivity contribution in [3.05, 3.63) is 30.6 Å². The quantitative estimate of drug-likeness (QED) is 0.535. The van der Waals surface area contributed by atoms with E-state index >= 15 is 0 Å². The van der Waals surface area contributed by atoms with Gasteiger partial charge in [-0.05, 0) is 34.9 Å². The standard InChI is InChI=1S/C13H21IN2O3/c1-4-5-15-8-11(14)12(17)16(13(15)18)6-7-19-9-10(2)3/h8,10H,4-7,9H2,1-3H3. The van der Waals surface area contributed by atoms with Crippen LogP contribution in [0.15, 0.2) is 15.8 Å². The lowest BCUT2D eigenvalue weighted by Crippen LogP contribution is -2.41. The first-order valence-corrected chi connectivity index (χ1v) is 7.62. The Bertz CT molecular complexity index is 520. The molecule has 0 radical (unpaired) electrons. The van der Waals surface area contributed by atoms with Gasteiger partial charge < -0.3 is 4.74 Å². The Morgan fingerprint density at radius 3 is 2.58 bits per heavy atom. The van der Waals surface area contributed by atoms with Crippen molar-refractivity contribution in [3.8, 4) is 0 Å². The summed E-state index contributed by atoms with van der Waals surface area (Å²) >= 11 is 1.97. The molecular formula is C13H21IN2O3. The molecule has 0 unspecified atom stereocenters. The molecule has 19 heavy (non-hydrogen) atoms. The number of hydrogen-bond acceptors (Lipinski definition) is 3.